The molecule has 3 heteroatoms. The second-order valence-electron chi connectivity index (χ2n) is 3.84. The zero-order chi connectivity index (χ0) is 12.3. The molecule has 0 atom stereocenters. The van der Waals surface area contributed by atoms with E-state index in [4.69, 9.17) is 11.6 Å². The number of nitrogens with one attached hydrogen (secondary N) is 1. The Morgan fingerprint density at radius 3 is 2.71 bits per heavy atom. The molecule has 0 aliphatic carbocycles. The van der Waals surface area contributed by atoms with E-state index in [9.17, 15) is 4.39 Å². The smallest absolute Gasteiger partial charge is 0.123 e. The molecule has 2 aromatic carbocycles. The first-order valence-corrected chi connectivity index (χ1v) is 5.77. The van der Waals surface area contributed by atoms with Crippen LogP contribution in [0.2, 0.25) is 5.02 Å². The fraction of sp³-hybridized carbons (Fsp3) is 0.143. The molecule has 0 aliphatic heterocycles. The van der Waals surface area contributed by atoms with Gasteiger partial charge in [-0.3, -0.25) is 0 Å². The lowest BCUT2D eigenvalue weighted by Crippen LogP contribution is -2.06. The highest BCUT2D eigenvalue weighted by molar-refractivity contribution is 6.30. The van der Waals surface area contributed by atoms with Gasteiger partial charge in [-0.2, -0.15) is 0 Å². The van der Waals surface area contributed by atoms with Crippen molar-refractivity contribution >= 4 is 11.6 Å². The molecule has 88 valence electrons. The molecule has 0 unspecified atom stereocenters. The Morgan fingerprint density at radius 1 is 1.18 bits per heavy atom. The summed E-state index contributed by atoms with van der Waals surface area (Å²) in [5.74, 6) is -0.238. The average molecular weight is 250 g/mol. The number of benzene rings is 2. The van der Waals surface area contributed by atoms with Gasteiger partial charge in [0.25, 0.3) is 0 Å². The topological polar surface area (TPSA) is 12.0 Å². The van der Waals surface area contributed by atoms with Crippen molar-refractivity contribution in [2.24, 2.45) is 0 Å². The van der Waals surface area contributed by atoms with Crippen molar-refractivity contribution in [2.75, 3.05) is 7.05 Å². The average Bonchev–Trinajstić information content (AvgIpc) is 2.32. The molecule has 2 aromatic rings. The van der Waals surface area contributed by atoms with Crippen LogP contribution < -0.4 is 5.32 Å². The molecule has 17 heavy (non-hydrogen) atoms. The fourth-order valence-electron chi connectivity index (χ4n) is 1.82. The van der Waals surface area contributed by atoms with E-state index in [0.29, 0.717) is 5.02 Å². The Balaban J connectivity index is 2.52. The molecule has 0 amide bonds. The summed E-state index contributed by atoms with van der Waals surface area (Å²) < 4.78 is 13.2. The highest BCUT2D eigenvalue weighted by atomic mass is 35.5. The fourth-order valence-corrected chi connectivity index (χ4v) is 1.99. The van der Waals surface area contributed by atoms with Crippen molar-refractivity contribution in [1.82, 2.24) is 5.32 Å². The maximum Gasteiger partial charge on any atom is 0.123 e. The molecule has 1 nitrogen and oxygen atoms in total. The first kappa shape index (κ1) is 12.1. The molecule has 0 bridgehead atoms. The van der Waals surface area contributed by atoms with Crippen LogP contribution in [0.5, 0.6) is 0 Å². The van der Waals surface area contributed by atoms with E-state index in [2.05, 4.69) is 5.32 Å². The van der Waals surface area contributed by atoms with E-state index in [0.717, 1.165) is 23.2 Å². The molecule has 0 spiro atoms. The predicted molar refractivity (Wildman–Crippen MR) is 69.6 cm³/mol. The normalized spacial score (nSPS) is 10.5. The second-order valence-corrected chi connectivity index (χ2v) is 4.28. The lowest BCUT2D eigenvalue weighted by molar-refractivity contribution is 0.628. The Labute approximate surface area is 105 Å². The minimum atomic E-state index is -0.238. The second kappa shape index (κ2) is 5.30. The first-order chi connectivity index (χ1) is 8.20. The van der Waals surface area contributed by atoms with Gasteiger partial charge in [-0.15, -0.1) is 0 Å². The van der Waals surface area contributed by atoms with Crippen LogP contribution in [-0.2, 0) is 6.54 Å². The first-order valence-electron chi connectivity index (χ1n) is 5.39. The minimum absolute atomic E-state index is 0.238. The predicted octanol–water partition coefficient (Wildman–Crippen LogP) is 3.87. The minimum Gasteiger partial charge on any atom is -0.316 e. The van der Waals surface area contributed by atoms with Crippen LogP contribution in [0.1, 0.15) is 5.56 Å². The summed E-state index contributed by atoms with van der Waals surface area (Å²) >= 11 is 5.99. The maximum absolute atomic E-state index is 13.2. The van der Waals surface area contributed by atoms with E-state index in [1.165, 1.54) is 12.1 Å². The summed E-state index contributed by atoms with van der Waals surface area (Å²) in [7, 11) is 1.88. The molecule has 0 heterocycles. The van der Waals surface area contributed by atoms with Crippen molar-refractivity contribution in [2.45, 2.75) is 6.54 Å². The van der Waals surface area contributed by atoms with Gasteiger partial charge in [0.2, 0.25) is 0 Å². The zero-order valence-electron chi connectivity index (χ0n) is 9.50. The van der Waals surface area contributed by atoms with Gasteiger partial charge in [0.15, 0.2) is 0 Å². The summed E-state index contributed by atoms with van der Waals surface area (Å²) in [5, 5.41) is 3.75. The van der Waals surface area contributed by atoms with E-state index in [-0.39, 0.29) is 5.82 Å². The number of rotatable bonds is 3. The van der Waals surface area contributed by atoms with E-state index >= 15 is 0 Å². The highest BCUT2D eigenvalue weighted by Gasteiger charge is 2.06. The summed E-state index contributed by atoms with van der Waals surface area (Å²) in [6, 6.07) is 12.2. The van der Waals surface area contributed by atoms with Crippen molar-refractivity contribution in [3.8, 4) is 11.1 Å². The summed E-state index contributed by atoms with van der Waals surface area (Å²) in [4.78, 5) is 0. The molecule has 0 aromatic heterocycles. The number of halogens is 2. The molecule has 1 N–H and O–H groups in total. The van der Waals surface area contributed by atoms with Gasteiger partial charge in [0, 0.05) is 11.6 Å². The zero-order valence-corrected chi connectivity index (χ0v) is 10.3. The van der Waals surface area contributed by atoms with E-state index < -0.39 is 0 Å². The monoisotopic (exact) mass is 249 g/mol. The number of hydrogen-bond donors (Lipinski definition) is 1. The van der Waals surface area contributed by atoms with Crippen LogP contribution in [0, 0.1) is 5.82 Å². The van der Waals surface area contributed by atoms with Gasteiger partial charge in [-0.25, -0.2) is 4.39 Å². The maximum atomic E-state index is 13.2. The van der Waals surface area contributed by atoms with Crippen molar-refractivity contribution in [1.29, 1.82) is 0 Å². The van der Waals surface area contributed by atoms with Crippen molar-refractivity contribution in [3.63, 3.8) is 0 Å². The van der Waals surface area contributed by atoms with Gasteiger partial charge in [0.1, 0.15) is 5.82 Å². The Hall–Kier alpha value is -1.38. The highest BCUT2D eigenvalue weighted by Crippen LogP contribution is 2.27. The summed E-state index contributed by atoms with van der Waals surface area (Å²) in [5.41, 5.74) is 2.91. The van der Waals surface area contributed by atoms with Gasteiger partial charge in [-0.05, 0) is 48.0 Å². The molecular weight excluding hydrogens is 237 g/mol. The summed E-state index contributed by atoms with van der Waals surface area (Å²) in [6.07, 6.45) is 0. The van der Waals surface area contributed by atoms with Crippen LogP contribution in [0.25, 0.3) is 11.1 Å². The van der Waals surface area contributed by atoms with Gasteiger partial charge in [0.05, 0.1) is 0 Å². The lowest BCUT2D eigenvalue weighted by atomic mass is 9.99. The molecule has 0 saturated heterocycles. The van der Waals surface area contributed by atoms with Crippen molar-refractivity contribution in [3.05, 3.63) is 58.9 Å². The van der Waals surface area contributed by atoms with E-state index in [1.807, 2.05) is 31.3 Å². The largest absolute Gasteiger partial charge is 0.316 e. The quantitative estimate of drug-likeness (QED) is 0.871. The standard InChI is InChI=1S/C14H13ClFN/c1-17-9-11-5-6-12(15)8-14(11)10-3-2-4-13(16)7-10/h2-8,17H,9H2,1H3. The van der Waals surface area contributed by atoms with Crippen LogP contribution >= 0.6 is 11.6 Å². The third-order valence-corrected chi connectivity index (χ3v) is 2.81. The van der Waals surface area contributed by atoms with Crippen LogP contribution in [0.4, 0.5) is 4.39 Å². The third kappa shape index (κ3) is 2.84. The van der Waals surface area contributed by atoms with Gasteiger partial charge in [-0.1, -0.05) is 29.8 Å². The molecule has 0 saturated carbocycles. The lowest BCUT2D eigenvalue weighted by Gasteiger charge is -2.10. The van der Waals surface area contributed by atoms with Crippen LogP contribution in [0.3, 0.4) is 0 Å². The van der Waals surface area contributed by atoms with Crippen LogP contribution in [0.15, 0.2) is 42.5 Å². The summed E-state index contributed by atoms with van der Waals surface area (Å²) in [6.45, 7) is 0.725. The van der Waals surface area contributed by atoms with Crippen LogP contribution in [-0.4, -0.2) is 7.05 Å². The Kier molecular flexibility index (Phi) is 3.77. The molecule has 2 rings (SSSR count). The van der Waals surface area contributed by atoms with Gasteiger partial charge < -0.3 is 5.32 Å². The molecular formula is C14H13ClFN. The number of hydrogen-bond acceptors (Lipinski definition) is 1. The SMILES string of the molecule is CNCc1ccc(Cl)cc1-c1cccc(F)c1. The van der Waals surface area contributed by atoms with Crippen molar-refractivity contribution < 1.29 is 4.39 Å². The molecule has 0 fully saturated rings. The van der Waals surface area contributed by atoms with E-state index in [1.54, 1.807) is 6.07 Å². The third-order valence-electron chi connectivity index (χ3n) is 2.57. The Morgan fingerprint density at radius 2 is 2.00 bits per heavy atom. The molecule has 0 aliphatic rings. The molecule has 0 radical (unpaired) electrons. The Bertz CT molecular complexity index is 525. The van der Waals surface area contributed by atoms with Gasteiger partial charge >= 0.3 is 0 Å².